The fourth-order valence-electron chi connectivity index (χ4n) is 2.31. The van der Waals surface area contributed by atoms with Crippen molar-refractivity contribution in [1.82, 2.24) is 10.6 Å². The standard InChI is InChI=1S/C15H20BrClN2O2.ClH/c1-15(4-6-18-7-5-15)10-19-14(20)9-21-13-3-2-11(16)8-12(13)17;/h2-3,8,18H,4-7,9-10H2,1H3,(H,19,20);1H. The first-order valence-electron chi connectivity index (χ1n) is 7.04. The zero-order chi connectivity index (χ0) is 15.3. The molecule has 1 aliphatic heterocycles. The highest BCUT2D eigenvalue weighted by Crippen LogP contribution is 2.28. The van der Waals surface area contributed by atoms with Crippen LogP contribution in [-0.4, -0.2) is 32.1 Å². The fraction of sp³-hybridized carbons (Fsp3) is 0.533. The molecule has 1 aromatic rings. The Kier molecular flexibility index (Phi) is 7.97. The van der Waals surface area contributed by atoms with Gasteiger partial charge in [-0.05, 0) is 49.5 Å². The minimum Gasteiger partial charge on any atom is -0.482 e. The van der Waals surface area contributed by atoms with Crippen molar-refractivity contribution < 1.29 is 9.53 Å². The van der Waals surface area contributed by atoms with Gasteiger partial charge in [0.2, 0.25) is 0 Å². The van der Waals surface area contributed by atoms with Gasteiger partial charge in [-0.25, -0.2) is 0 Å². The first kappa shape index (κ1) is 19.6. The van der Waals surface area contributed by atoms with E-state index >= 15 is 0 Å². The Morgan fingerprint density at radius 3 is 2.77 bits per heavy atom. The first-order chi connectivity index (χ1) is 9.98. The molecule has 1 saturated heterocycles. The quantitative estimate of drug-likeness (QED) is 0.780. The van der Waals surface area contributed by atoms with Gasteiger partial charge in [0, 0.05) is 11.0 Å². The minimum atomic E-state index is -0.117. The number of rotatable bonds is 5. The lowest BCUT2D eigenvalue weighted by Crippen LogP contribution is -2.43. The number of hydrogen-bond donors (Lipinski definition) is 2. The second kappa shape index (κ2) is 8.96. The van der Waals surface area contributed by atoms with Crippen molar-refractivity contribution in [3.8, 4) is 5.75 Å². The molecule has 2 N–H and O–H groups in total. The van der Waals surface area contributed by atoms with E-state index in [0.29, 0.717) is 17.3 Å². The molecular weight excluding hydrogens is 391 g/mol. The van der Waals surface area contributed by atoms with Crippen molar-refractivity contribution in [2.45, 2.75) is 19.8 Å². The molecule has 1 amide bonds. The molecule has 0 saturated carbocycles. The van der Waals surface area contributed by atoms with Crippen LogP contribution in [0.3, 0.4) is 0 Å². The van der Waals surface area contributed by atoms with Gasteiger partial charge in [-0.15, -0.1) is 12.4 Å². The van der Waals surface area contributed by atoms with Gasteiger partial charge in [0.15, 0.2) is 6.61 Å². The van der Waals surface area contributed by atoms with Crippen LogP contribution in [0.25, 0.3) is 0 Å². The highest BCUT2D eigenvalue weighted by molar-refractivity contribution is 9.10. The van der Waals surface area contributed by atoms with E-state index in [1.54, 1.807) is 12.1 Å². The second-order valence-corrected chi connectivity index (χ2v) is 7.02. The average molecular weight is 412 g/mol. The fourth-order valence-corrected chi connectivity index (χ4v) is 3.03. The largest absolute Gasteiger partial charge is 0.482 e. The van der Waals surface area contributed by atoms with Crippen molar-refractivity contribution in [2.24, 2.45) is 5.41 Å². The van der Waals surface area contributed by atoms with Crippen LogP contribution < -0.4 is 15.4 Å². The number of ether oxygens (including phenoxy) is 1. The van der Waals surface area contributed by atoms with Gasteiger partial charge in [0.05, 0.1) is 5.02 Å². The van der Waals surface area contributed by atoms with Crippen molar-refractivity contribution in [1.29, 1.82) is 0 Å². The zero-order valence-corrected chi connectivity index (χ0v) is 15.6. The third kappa shape index (κ3) is 5.95. The molecule has 0 spiro atoms. The molecule has 0 aromatic heterocycles. The molecule has 0 unspecified atom stereocenters. The average Bonchev–Trinajstić information content (AvgIpc) is 2.45. The van der Waals surface area contributed by atoms with Gasteiger partial charge in [0.1, 0.15) is 5.75 Å². The van der Waals surface area contributed by atoms with Gasteiger partial charge in [-0.2, -0.15) is 0 Å². The van der Waals surface area contributed by atoms with Gasteiger partial charge >= 0.3 is 0 Å². The lowest BCUT2D eigenvalue weighted by molar-refractivity contribution is -0.123. The van der Waals surface area contributed by atoms with E-state index in [0.717, 1.165) is 30.4 Å². The maximum Gasteiger partial charge on any atom is 0.257 e. The Bertz CT molecular complexity index is 508. The Morgan fingerprint density at radius 1 is 1.45 bits per heavy atom. The van der Waals surface area contributed by atoms with E-state index in [9.17, 15) is 4.79 Å². The SMILES string of the molecule is CC1(CNC(=O)COc2ccc(Br)cc2Cl)CCNCC1.Cl. The summed E-state index contributed by atoms with van der Waals surface area (Å²) in [7, 11) is 0. The molecule has 0 aliphatic carbocycles. The summed E-state index contributed by atoms with van der Waals surface area (Å²) in [5.74, 6) is 0.400. The number of carbonyl (C=O) groups is 1. The first-order valence-corrected chi connectivity index (χ1v) is 8.21. The minimum absolute atomic E-state index is 0. The molecule has 1 heterocycles. The highest BCUT2D eigenvalue weighted by Gasteiger charge is 2.26. The van der Waals surface area contributed by atoms with Crippen LogP contribution in [0.5, 0.6) is 5.75 Å². The monoisotopic (exact) mass is 410 g/mol. The number of piperidine rings is 1. The molecule has 0 radical (unpaired) electrons. The molecule has 2 rings (SSSR count). The Hall–Kier alpha value is -0.490. The summed E-state index contributed by atoms with van der Waals surface area (Å²) in [5.41, 5.74) is 0.177. The Balaban J connectivity index is 0.00000242. The lowest BCUT2D eigenvalue weighted by Gasteiger charge is -2.34. The zero-order valence-electron chi connectivity index (χ0n) is 12.5. The van der Waals surface area contributed by atoms with E-state index in [-0.39, 0.29) is 30.3 Å². The lowest BCUT2D eigenvalue weighted by atomic mass is 9.81. The number of nitrogens with one attached hydrogen (secondary N) is 2. The van der Waals surface area contributed by atoms with Crippen LogP contribution in [-0.2, 0) is 4.79 Å². The van der Waals surface area contributed by atoms with Gasteiger partial charge < -0.3 is 15.4 Å². The second-order valence-electron chi connectivity index (χ2n) is 5.70. The topological polar surface area (TPSA) is 50.4 Å². The van der Waals surface area contributed by atoms with Crippen LogP contribution in [0.2, 0.25) is 5.02 Å². The summed E-state index contributed by atoms with van der Waals surface area (Å²) in [6, 6.07) is 5.31. The van der Waals surface area contributed by atoms with E-state index in [4.69, 9.17) is 16.3 Å². The maximum absolute atomic E-state index is 11.9. The van der Waals surface area contributed by atoms with Crippen LogP contribution in [0, 0.1) is 5.41 Å². The predicted molar refractivity (Wildman–Crippen MR) is 95.1 cm³/mol. The summed E-state index contributed by atoms with van der Waals surface area (Å²) in [6.07, 6.45) is 2.15. The van der Waals surface area contributed by atoms with Crippen LogP contribution in [0.4, 0.5) is 0 Å². The van der Waals surface area contributed by atoms with Crippen molar-refractivity contribution >= 4 is 45.8 Å². The van der Waals surface area contributed by atoms with E-state index < -0.39 is 0 Å². The normalized spacial score (nSPS) is 16.5. The van der Waals surface area contributed by atoms with Gasteiger partial charge in [-0.3, -0.25) is 4.79 Å². The van der Waals surface area contributed by atoms with Crippen molar-refractivity contribution in [3.05, 3.63) is 27.7 Å². The van der Waals surface area contributed by atoms with E-state index in [1.807, 2.05) is 6.07 Å². The van der Waals surface area contributed by atoms with E-state index in [1.165, 1.54) is 0 Å². The molecule has 1 aliphatic rings. The smallest absolute Gasteiger partial charge is 0.257 e. The molecule has 1 fully saturated rings. The number of hydrogen-bond acceptors (Lipinski definition) is 3. The molecule has 7 heteroatoms. The van der Waals surface area contributed by atoms with Crippen molar-refractivity contribution in [2.75, 3.05) is 26.2 Å². The molecule has 0 bridgehead atoms. The third-order valence-electron chi connectivity index (χ3n) is 3.78. The molecule has 124 valence electrons. The van der Waals surface area contributed by atoms with Crippen molar-refractivity contribution in [3.63, 3.8) is 0 Å². The van der Waals surface area contributed by atoms with E-state index in [2.05, 4.69) is 33.5 Å². The summed E-state index contributed by atoms with van der Waals surface area (Å²) < 4.78 is 6.33. The third-order valence-corrected chi connectivity index (χ3v) is 4.56. The highest BCUT2D eigenvalue weighted by atomic mass is 79.9. The molecule has 1 aromatic carbocycles. The summed E-state index contributed by atoms with van der Waals surface area (Å²) in [4.78, 5) is 11.9. The predicted octanol–water partition coefficient (Wildman–Crippen LogP) is 3.41. The molecule has 0 atom stereocenters. The summed E-state index contributed by atoms with van der Waals surface area (Å²) in [5, 5.41) is 6.77. The maximum atomic E-state index is 11.9. The number of carbonyl (C=O) groups excluding carboxylic acids is 1. The molecular formula is C15H21BrCl2N2O2. The number of amides is 1. The van der Waals surface area contributed by atoms with Crippen LogP contribution in [0.1, 0.15) is 19.8 Å². The Labute approximate surface area is 150 Å². The summed E-state index contributed by atoms with van der Waals surface area (Å²) >= 11 is 9.37. The molecule has 22 heavy (non-hydrogen) atoms. The van der Waals surface area contributed by atoms with Gasteiger partial charge in [0.25, 0.3) is 5.91 Å². The van der Waals surface area contributed by atoms with Gasteiger partial charge in [-0.1, -0.05) is 34.5 Å². The Morgan fingerprint density at radius 2 is 2.14 bits per heavy atom. The summed E-state index contributed by atoms with van der Waals surface area (Å²) in [6.45, 7) is 4.90. The number of benzene rings is 1. The van der Waals surface area contributed by atoms with Crippen LogP contribution >= 0.6 is 39.9 Å². The number of halogens is 3. The van der Waals surface area contributed by atoms with Crippen LogP contribution in [0.15, 0.2) is 22.7 Å². The molecule has 4 nitrogen and oxygen atoms in total.